The zero-order valence-corrected chi connectivity index (χ0v) is 13.7. The highest BCUT2D eigenvalue weighted by Crippen LogP contribution is 2.33. The second kappa shape index (κ2) is 6.87. The minimum atomic E-state index is -4.43. The Morgan fingerprint density at radius 2 is 1.65 bits per heavy atom. The Kier molecular flexibility index (Phi) is 4.61. The molecule has 0 fully saturated rings. The largest absolute Gasteiger partial charge is 0.416 e. The third-order valence-corrected chi connectivity index (χ3v) is 3.58. The minimum Gasteiger partial charge on any atom is -0.393 e. The highest BCUT2D eigenvalue weighted by atomic mass is 19.4. The number of aromatic nitrogens is 3. The second-order valence-electron chi connectivity index (χ2n) is 5.48. The predicted molar refractivity (Wildman–Crippen MR) is 93.4 cm³/mol. The topological polar surface area (TPSA) is 88.8 Å². The highest BCUT2D eigenvalue weighted by Gasteiger charge is 2.30. The van der Waals surface area contributed by atoms with Gasteiger partial charge in [0.05, 0.1) is 5.56 Å². The van der Waals surface area contributed by atoms with Crippen molar-refractivity contribution in [3.63, 3.8) is 0 Å². The highest BCUT2D eigenvalue weighted by molar-refractivity contribution is 5.80. The van der Waals surface area contributed by atoms with E-state index in [0.717, 1.165) is 17.7 Å². The molecule has 0 spiro atoms. The summed E-state index contributed by atoms with van der Waals surface area (Å²) in [5, 5.41) is 5.78. The van der Waals surface area contributed by atoms with Crippen LogP contribution in [0.15, 0.2) is 48.9 Å². The van der Waals surface area contributed by atoms with Gasteiger partial charge in [-0.1, -0.05) is 12.1 Å². The number of rotatable bonds is 4. The lowest BCUT2D eigenvalue weighted by molar-refractivity contribution is -0.137. The van der Waals surface area contributed by atoms with Crippen molar-refractivity contribution in [3.8, 4) is 0 Å². The number of nitrogens with two attached hydrogens (primary N) is 1. The van der Waals surface area contributed by atoms with Crippen molar-refractivity contribution in [1.29, 1.82) is 0 Å². The molecule has 0 aliphatic heterocycles. The molecule has 0 atom stereocenters. The van der Waals surface area contributed by atoms with Crippen molar-refractivity contribution in [2.24, 2.45) is 0 Å². The van der Waals surface area contributed by atoms with E-state index in [1.165, 1.54) is 18.5 Å². The smallest absolute Gasteiger partial charge is 0.393 e. The Labute approximate surface area is 147 Å². The van der Waals surface area contributed by atoms with Gasteiger partial charge >= 0.3 is 6.18 Å². The Balaban J connectivity index is 1.87. The maximum Gasteiger partial charge on any atom is 0.416 e. The SMILES string of the molecule is Cc1cccnc1Nc1ncnc(Nc2cccc(C(F)(F)F)c2)c1N. The van der Waals surface area contributed by atoms with Gasteiger partial charge in [-0.05, 0) is 36.8 Å². The molecule has 6 nitrogen and oxygen atoms in total. The molecule has 2 aromatic heterocycles. The summed E-state index contributed by atoms with van der Waals surface area (Å²) < 4.78 is 38.5. The Bertz CT molecular complexity index is 926. The summed E-state index contributed by atoms with van der Waals surface area (Å²) >= 11 is 0. The number of pyridine rings is 1. The second-order valence-corrected chi connectivity index (χ2v) is 5.48. The van der Waals surface area contributed by atoms with Crippen LogP contribution in [-0.4, -0.2) is 15.0 Å². The average molecular weight is 360 g/mol. The third kappa shape index (κ3) is 3.82. The van der Waals surface area contributed by atoms with Gasteiger partial charge in [-0.3, -0.25) is 0 Å². The molecule has 3 aromatic rings. The summed E-state index contributed by atoms with van der Waals surface area (Å²) in [5.74, 6) is 1.06. The van der Waals surface area contributed by atoms with Gasteiger partial charge in [0.15, 0.2) is 11.6 Å². The van der Waals surface area contributed by atoms with Crippen LogP contribution in [0.5, 0.6) is 0 Å². The van der Waals surface area contributed by atoms with Gasteiger partial charge < -0.3 is 16.4 Å². The summed E-state index contributed by atoms with van der Waals surface area (Å²) in [6, 6.07) is 8.44. The monoisotopic (exact) mass is 360 g/mol. The maximum atomic E-state index is 12.8. The first-order valence-corrected chi connectivity index (χ1v) is 7.58. The van der Waals surface area contributed by atoms with Gasteiger partial charge in [-0.15, -0.1) is 0 Å². The summed E-state index contributed by atoms with van der Waals surface area (Å²) in [5.41, 5.74) is 6.55. The van der Waals surface area contributed by atoms with Crippen molar-refractivity contribution in [1.82, 2.24) is 15.0 Å². The van der Waals surface area contributed by atoms with Crippen molar-refractivity contribution in [2.75, 3.05) is 16.4 Å². The van der Waals surface area contributed by atoms with Crippen LogP contribution < -0.4 is 16.4 Å². The van der Waals surface area contributed by atoms with Crippen LogP contribution in [0.1, 0.15) is 11.1 Å². The van der Waals surface area contributed by atoms with Crippen LogP contribution >= 0.6 is 0 Å². The zero-order valence-electron chi connectivity index (χ0n) is 13.7. The molecule has 0 amide bonds. The fourth-order valence-corrected chi connectivity index (χ4v) is 2.23. The lowest BCUT2D eigenvalue weighted by Gasteiger charge is -2.14. The van der Waals surface area contributed by atoms with Crippen LogP contribution in [0.4, 0.5) is 42.0 Å². The summed E-state index contributed by atoms with van der Waals surface area (Å²) in [7, 11) is 0. The molecule has 2 heterocycles. The van der Waals surface area contributed by atoms with E-state index >= 15 is 0 Å². The molecule has 0 radical (unpaired) electrons. The molecule has 0 saturated heterocycles. The number of halogens is 3. The molecule has 3 rings (SSSR count). The fraction of sp³-hybridized carbons (Fsp3) is 0.118. The molecule has 134 valence electrons. The first-order valence-electron chi connectivity index (χ1n) is 7.58. The summed E-state index contributed by atoms with van der Waals surface area (Å²) in [6.07, 6.45) is -1.56. The molecule has 0 aliphatic rings. The predicted octanol–water partition coefficient (Wildman–Crippen LogP) is 4.27. The molecule has 26 heavy (non-hydrogen) atoms. The van der Waals surface area contributed by atoms with Gasteiger partial charge in [-0.25, -0.2) is 15.0 Å². The van der Waals surface area contributed by atoms with Crippen LogP contribution in [0.3, 0.4) is 0 Å². The molecule has 0 aliphatic carbocycles. The van der Waals surface area contributed by atoms with Crippen LogP contribution in [0.25, 0.3) is 0 Å². The Hall–Kier alpha value is -3.36. The van der Waals surface area contributed by atoms with E-state index < -0.39 is 11.7 Å². The molecule has 0 bridgehead atoms. The molecular formula is C17H15F3N6. The van der Waals surface area contributed by atoms with Crippen molar-refractivity contribution in [3.05, 3.63) is 60.0 Å². The Morgan fingerprint density at radius 1 is 0.923 bits per heavy atom. The summed E-state index contributed by atoms with van der Waals surface area (Å²) in [4.78, 5) is 12.3. The number of nitrogens with zero attached hydrogens (tertiary/aromatic N) is 3. The van der Waals surface area contributed by atoms with Crippen LogP contribution in [0, 0.1) is 6.92 Å². The first kappa shape index (κ1) is 17.5. The normalized spacial score (nSPS) is 11.2. The number of benzene rings is 1. The number of aryl methyl sites for hydroxylation is 1. The number of hydrogen-bond acceptors (Lipinski definition) is 6. The number of nitrogens with one attached hydrogen (secondary N) is 2. The number of hydrogen-bond donors (Lipinski definition) is 3. The standard InChI is InChI=1S/C17H15F3N6/c1-10-4-3-7-22-14(10)26-16-13(21)15(23-9-24-16)25-12-6-2-5-11(8-12)17(18,19)20/h2-9H,21H2,1H3,(H2,22,23,24,25,26). The van der Waals surface area contributed by atoms with E-state index in [-0.39, 0.29) is 17.2 Å². The minimum absolute atomic E-state index is 0.162. The molecule has 9 heteroatoms. The quantitative estimate of drug-likeness (QED) is 0.644. The van der Waals surface area contributed by atoms with Crippen LogP contribution in [-0.2, 0) is 6.18 Å². The number of nitrogen functional groups attached to an aromatic ring is 1. The van der Waals surface area contributed by atoms with Crippen LogP contribution in [0.2, 0.25) is 0 Å². The number of alkyl halides is 3. The van der Waals surface area contributed by atoms with Gasteiger partial charge in [-0.2, -0.15) is 13.2 Å². The van der Waals surface area contributed by atoms with E-state index in [2.05, 4.69) is 25.6 Å². The van der Waals surface area contributed by atoms with Crippen molar-refractivity contribution in [2.45, 2.75) is 13.1 Å². The van der Waals surface area contributed by atoms with Gasteiger partial charge in [0.25, 0.3) is 0 Å². The maximum absolute atomic E-state index is 12.8. The first-order chi connectivity index (χ1) is 12.3. The van der Waals surface area contributed by atoms with E-state index in [9.17, 15) is 13.2 Å². The molecule has 4 N–H and O–H groups in total. The molecule has 0 unspecified atom stereocenters. The zero-order chi connectivity index (χ0) is 18.7. The third-order valence-electron chi connectivity index (χ3n) is 3.58. The van der Waals surface area contributed by atoms with Crippen molar-refractivity contribution < 1.29 is 13.2 Å². The molecule has 0 saturated carbocycles. The van der Waals surface area contributed by atoms with E-state index in [1.807, 2.05) is 13.0 Å². The summed E-state index contributed by atoms with van der Waals surface area (Å²) in [6.45, 7) is 1.87. The molecule has 1 aromatic carbocycles. The fourth-order valence-electron chi connectivity index (χ4n) is 2.23. The van der Waals surface area contributed by atoms with Gasteiger partial charge in [0, 0.05) is 11.9 Å². The Morgan fingerprint density at radius 3 is 2.35 bits per heavy atom. The van der Waals surface area contributed by atoms with Crippen molar-refractivity contribution >= 4 is 28.8 Å². The van der Waals surface area contributed by atoms with Gasteiger partial charge in [0.1, 0.15) is 17.8 Å². The lowest BCUT2D eigenvalue weighted by atomic mass is 10.2. The van der Waals surface area contributed by atoms with Gasteiger partial charge in [0.2, 0.25) is 0 Å². The van der Waals surface area contributed by atoms with E-state index in [1.54, 1.807) is 12.3 Å². The number of anilines is 5. The average Bonchev–Trinajstić information content (AvgIpc) is 2.60. The molecular weight excluding hydrogens is 345 g/mol. The lowest BCUT2D eigenvalue weighted by Crippen LogP contribution is -2.08. The van der Waals surface area contributed by atoms with E-state index in [0.29, 0.717) is 11.6 Å². The van der Waals surface area contributed by atoms with E-state index in [4.69, 9.17) is 5.73 Å².